The number of amides is 2. The van der Waals surface area contributed by atoms with E-state index in [2.05, 4.69) is 10.6 Å². The summed E-state index contributed by atoms with van der Waals surface area (Å²) < 4.78 is 16.3. The fourth-order valence-electron chi connectivity index (χ4n) is 4.64. The van der Waals surface area contributed by atoms with Crippen LogP contribution in [0.3, 0.4) is 0 Å². The number of esters is 2. The van der Waals surface area contributed by atoms with Crippen LogP contribution < -0.4 is 10.6 Å². The van der Waals surface area contributed by atoms with Crippen molar-refractivity contribution in [3.05, 3.63) is 83.9 Å². The van der Waals surface area contributed by atoms with Gasteiger partial charge in [0.15, 0.2) is 6.04 Å². The molecule has 0 bridgehead atoms. The highest BCUT2D eigenvalue weighted by molar-refractivity contribution is 5.89. The van der Waals surface area contributed by atoms with E-state index in [-0.39, 0.29) is 51.9 Å². The molecule has 1 aliphatic heterocycles. The first-order chi connectivity index (χ1) is 21.0. The molecule has 3 atom stereocenters. The molecule has 1 aliphatic rings. The number of nitrogens with one attached hydrogen (secondary N) is 2. The minimum atomic E-state index is -1.25. The Bertz CT molecular complexity index is 1170. The van der Waals surface area contributed by atoms with Gasteiger partial charge in [-0.15, -0.1) is 0 Å². The van der Waals surface area contributed by atoms with Gasteiger partial charge in [-0.25, -0.2) is 4.79 Å². The number of allylic oxidation sites excluding steroid dienone is 2. The van der Waals surface area contributed by atoms with E-state index in [9.17, 15) is 19.2 Å². The summed E-state index contributed by atoms with van der Waals surface area (Å²) in [5, 5.41) is 14.2. The number of cyclic esters (lactones) is 1. The predicted octanol–water partition coefficient (Wildman–Crippen LogP) is 2.88. The van der Waals surface area contributed by atoms with Gasteiger partial charge in [0.1, 0.15) is 13.2 Å². The molecule has 0 saturated heterocycles. The molecule has 0 aliphatic carbocycles. The number of aliphatic hydroxyl groups is 1. The molecular formula is C33H42N2O8. The van der Waals surface area contributed by atoms with E-state index >= 15 is 0 Å². The average molecular weight is 595 g/mol. The quantitative estimate of drug-likeness (QED) is 0.194. The summed E-state index contributed by atoms with van der Waals surface area (Å²) in [5.74, 6) is -3.22. The molecule has 3 unspecified atom stereocenters. The van der Waals surface area contributed by atoms with Crippen molar-refractivity contribution >= 4 is 23.8 Å². The monoisotopic (exact) mass is 594 g/mol. The van der Waals surface area contributed by atoms with Crippen molar-refractivity contribution in [3.8, 4) is 0 Å². The second-order valence-corrected chi connectivity index (χ2v) is 10.4. The summed E-state index contributed by atoms with van der Waals surface area (Å²) in [6.07, 6.45) is 6.52. The molecule has 0 radical (unpaired) electrons. The summed E-state index contributed by atoms with van der Waals surface area (Å²) >= 11 is 0. The van der Waals surface area contributed by atoms with Crippen molar-refractivity contribution in [2.45, 2.75) is 51.2 Å². The maximum atomic E-state index is 13.4. The highest BCUT2D eigenvalue weighted by atomic mass is 16.6. The third kappa shape index (κ3) is 12.8. The summed E-state index contributed by atoms with van der Waals surface area (Å²) in [5.41, 5.74) is 1.78. The molecule has 2 amide bonds. The molecule has 0 spiro atoms. The topological polar surface area (TPSA) is 140 Å². The Balaban J connectivity index is 1.72. The van der Waals surface area contributed by atoms with Crippen LogP contribution in [-0.4, -0.2) is 67.9 Å². The van der Waals surface area contributed by atoms with Gasteiger partial charge in [-0.1, -0.05) is 72.8 Å². The first-order valence-corrected chi connectivity index (χ1v) is 14.8. The van der Waals surface area contributed by atoms with E-state index < -0.39 is 35.7 Å². The van der Waals surface area contributed by atoms with Gasteiger partial charge in [-0.2, -0.15) is 0 Å². The molecule has 2 aromatic rings. The van der Waals surface area contributed by atoms with Crippen molar-refractivity contribution in [1.29, 1.82) is 0 Å². The van der Waals surface area contributed by atoms with Crippen LogP contribution in [0.5, 0.6) is 0 Å². The molecule has 0 aromatic heterocycles. The summed E-state index contributed by atoms with van der Waals surface area (Å²) in [7, 11) is 0. The highest BCUT2D eigenvalue weighted by Crippen LogP contribution is 2.19. The number of carbonyl (C=O) groups excluding carboxylic acids is 4. The van der Waals surface area contributed by atoms with Crippen LogP contribution in [0.2, 0.25) is 0 Å². The summed E-state index contributed by atoms with van der Waals surface area (Å²) in [6, 6.07) is 17.5. The van der Waals surface area contributed by atoms with E-state index in [0.717, 1.165) is 17.5 Å². The first-order valence-electron chi connectivity index (χ1n) is 14.8. The standard InChI is InChI=1S/C33H42N2O8/c36-18-20-41-19-17-34-30(37)22-27-15-9-1-2-10-16-28(21-25-11-5-3-6-12-25)32(39)43-24-29(35-31(27)38)33(40)42-23-26-13-7-4-8-14-26/h1,3-9,11-14,27-29,36H,2,10,15-24H2,(H,34,37)(H,35,38). The van der Waals surface area contributed by atoms with Gasteiger partial charge in [0, 0.05) is 13.0 Å². The second kappa shape index (κ2) is 19.2. The lowest BCUT2D eigenvalue weighted by atomic mass is 9.93. The number of ether oxygens (including phenoxy) is 3. The van der Waals surface area contributed by atoms with Crippen molar-refractivity contribution in [3.63, 3.8) is 0 Å². The lowest BCUT2D eigenvalue weighted by Crippen LogP contribution is -2.48. The lowest BCUT2D eigenvalue weighted by Gasteiger charge is -2.23. The minimum absolute atomic E-state index is 0.0104. The molecule has 0 fully saturated rings. The zero-order valence-corrected chi connectivity index (χ0v) is 24.5. The van der Waals surface area contributed by atoms with Gasteiger partial charge in [-0.3, -0.25) is 14.4 Å². The Morgan fingerprint density at radius 2 is 1.67 bits per heavy atom. The third-order valence-corrected chi connectivity index (χ3v) is 6.99. The normalized spacial score (nSPS) is 19.9. The SMILES string of the molecule is O=C(CC1CC=CCCCC(Cc2ccccc2)C(=O)OCC(C(=O)OCc2ccccc2)NC1=O)NCCOCCO. The number of benzene rings is 2. The number of carbonyl (C=O) groups is 4. The van der Waals surface area contributed by atoms with Crippen LogP contribution in [0.1, 0.15) is 43.2 Å². The molecule has 10 nitrogen and oxygen atoms in total. The molecule has 2 aromatic carbocycles. The smallest absolute Gasteiger partial charge is 0.332 e. The first kappa shape index (κ1) is 33.5. The fourth-order valence-corrected chi connectivity index (χ4v) is 4.64. The minimum Gasteiger partial charge on any atom is -0.463 e. The second-order valence-electron chi connectivity index (χ2n) is 10.4. The molecule has 43 heavy (non-hydrogen) atoms. The number of aliphatic hydroxyl groups excluding tert-OH is 1. The molecule has 232 valence electrons. The lowest BCUT2D eigenvalue weighted by molar-refractivity contribution is -0.157. The van der Waals surface area contributed by atoms with Crippen LogP contribution in [0.15, 0.2) is 72.8 Å². The molecule has 3 N–H and O–H groups in total. The Labute approximate surface area is 252 Å². The Kier molecular flexibility index (Phi) is 15.0. The van der Waals surface area contributed by atoms with Crippen molar-refractivity contribution in [2.24, 2.45) is 11.8 Å². The van der Waals surface area contributed by atoms with E-state index in [1.54, 1.807) is 0 Å². The fraction of sp³-hybridized carbons (Fsp3) is 0.455. The van der Waals surface area contributed by atoms with Gasteiger partial charge < -0.3 is 30.0 Å². The highest BCUT2D eigenvalue weighted by Gasteiger charge is 2.30. The van der Waals surface area contributed by atoms with Crippen LogP contribution in [0.25, 0.3) is 0 Å². The molecule has 3 rings (SSSR count). The van der Waals surface area contributed by atoms with Crippen LogP contribution in [-0.2, 0) is 46.4 Å². The molecule has 0 saturated carbocycles. The molecular weight excluding hydrogens is 552 g/mol. The third-order valence-electron chi connectivity index (χ3n) is 6.99. The van der Waals surface area contributed by atoms with E-state index in [1.807, 2.05) is 72.8 Å². The van der Waals surface area contributed by atoms with Gasteiger partial charge in [0.25, 0.3) is 0 Å². The summed E-state index contributed by atoms with van der Waals surface area (Å²) in [4.78, 5) is 52.3. The zero-order chi connectivity index (χ0) is 30.7. The Morgan fingerprint density at radius 3 is 2.40 bits per heavy atom. The molecule has 1 heterocycles. The predicted molar refractivity (Wildman–Crippen MR) is 159 cm³/mol. The van der Waals surface area contributed by atoms with Crippen LogP contribution in [0, 0.1) is 11.8 Å². The van der Waals surface area contributed by atoms with E-state index in [1.165, 1.54) is 0 Å². The molecule has 10 heteroatoms. The maximum absolute atomic E-state index is 13.4. The van der Waals surface area contributed by atoms with Crippen molar-refractivity contribution in [1.82, 2.24) is 10.6 Å². The van der Waals surface area contributed by atoms with Gasteiger partial charge >= 0.3 is 11.9 Å². The average Bonchev–Trinajstić information content (AvgIpc) is 3.02. The number of hydrogen-bond acceptors (Lipinski definition) is 8. The largest absolute Gasteiger partial charge is 0.463 e. The summed E-state index contributed by atoms with van der Waals surface area (Å²) in [6.45, 7) is 0.127. The van der Waals surface area contributed by atoms with E-state index in [0.29, 0.717) is 25.7 Å². The Hall–Kier alpha value is -4.02. The van der Waals surface area contributed by atoms with Crippen LogP contribution >= 0.6 is 0 Å². The van der Waals surface area contributed by atoms with Gasteiger partial charge in [0.2, 0.25) is 11.8 Å². The van der Waals surface area contributed by atoms with Crippen LogP contribution in [0.4, 0.5) is 0 Å². The maximum Gasteiger partial charge on any atom is 0.332 e. The van der Waals surface area contributed by atoms with Gasteiger partial charge in [-0.05, 0) is 43.2 Å². The number of rotatable bonds is 12. The van der Waals surface area contributed by atoms with Crippen molar-refractivity contribution in [2.75, 3.05) is 33.0 Å². The number of hydrogen-bond donors (Lipinski definition) is 3. The Morgan fingerprint density at radius 1 is 0.953 bits per heavy atom. The van der Waals surface area contributed by atoms with Crippen molar-refractivity contribution < 1.29 is 38.5 Å². The van der Waals surface area contributed by atoms with Gasteiger partial charge in [0.05, 0.1) is 31.7 Å². The zero-order valence-electron chi connectivity index (χ0n) is 24.5. The van der Waals surface area contributed by atoms with E-state index in [4.69, 9.17) is 19.3 Å².